The zero-order valence-electron chi connectivity index (χ0n) is 11.6. The molecule has 0 aromatic carbocycles. The minimum absolute atomic E-state index is 0.165. The van der Waals surface area contributed by atoms with Gasteiger partial charge in [0.05, 0.1) is 5.75 Å². The SMILES string of the molecule is Cc1ccc2nc(CCCl)n(CCCS(C)(=O)=O)c2n1. The second-order valence-corrected chi connectivity index (χ2v) is 7.54. The van der Waals surface area contributed by atoms with Crippen LogP contribution in [0.2, 0.25) is 0 Å². The van der Waals surface area contributed by atoms with Crippen LogP contribution in [0.15, 0.2) is 12.1 Å². The Morgan fingerprint density at radius 1 is 1.30 bits per heavy atom. The van der Waals surface area contributed by atoms with Gasteiger partial charge in [0.25, 0.3) is 0 Å². The van der Waals surface area contributed by atoms with E-state index in [9.17, 15) is 8.42 Å². The van der Waals surface area contributed by atoms with E-state index in [0.29, 0.717) is 25.3 Å². The first kappa shape index (κ1) is 15.3. The molecule has 0 aliphatic rings. The van der Waals surface area contributed by atoms with Gasteiger partial charge in [-0.2, -0.15) is 0 Å². The van der Waals surface area contributed by atoms with Gasteiger partial charge < -0.3 is 4.57 Å². The van der Waals surface area contributed by atoms with Gasteiger partial charge in [-0.1, -0.05) is 0 Å². The van der Waals surface area contributed by atoms with Crippen molar-refractivity contribution in [1.29, 1.82) is 0 Å². The third-order valence-electron chi connectivity index (χ3n) is 3.03. The maximum atomic E-state index is 11.2. The molecule has 2 heterocycles. The Morgan fingerprint density at radius 2 is 2.05 bits per heavy atom. The average molecular weight is 316 g/mol. The summed E-state index contributed by atoms with van der Waals surface area (Å²) in [6.45, 7) is 2.51. The van der Waals surface area contributed by atoms with E-state index in [1.807, 2.05) is 23.6 Å². The van der Waals surface area contributed by atoms with Crippen LogP contribution in [0.4, 0.5) is 0 Å². The highest BCUT2D eigenvalue weighted by Gasteiger charge is 2.12. The molecule has 2 aromatic heterocycles. The molecule has 0 saturated heterocycles. The van der Waals surface area contributed by atoms with E-state index in [0.717, 1.165) is 22.7 Å². The second kappa shape index (κ2) is 6.10. The van der Waals surface area contributed by atoms with Crippen LogP contribution < -0.4 is 0 Å². The molecule has 0 bridgehead atoms. The summed E-state index contributed by atoms with van der Waals surface area (Å²) in [5.74, 6) is 1.51. The third kappa shape index (κ3) is 3.70. The molecule has 7 heteroatoms. The predicted molar refractivity (Wildman–Crippen MR) is 81.0 cm³/mol. The average Bonchev–Trinajstić information content (AvgIpc) is 2.66. The third-order valence-corrected chi connectivity index (χ3v) is 4.24. The normalized spacial score (nSPS) is 12.2. The first-order valence-corrected chi connectivity index (χ1v) is 9.06. The van der Waals surface area contributed by atoms with Gasteiger partial charge in [0, 0.05) is 30.8 Å². The minimum atomic E-state index is -2.94. The summed E-state index contributed by atoms with van der Waals surface area (Å²) in [5, 5.41) is 0. The number of rotatable bonds is 6. The Hall–Kier alpha value is -1.14. The number of alkyl halides is 1. The molecule has 0 atom stereocenters. The van der Waals surface area contributed by atoms with E-state index < -0.39 is 9.84 Å². The van der Waals surface area contributed by atoms with Crippen LogP contribution in [0.5, 0.6) is 0 Å². The van der Waals surface area contributed by atoms with Gasteiger partial charge in [0.2, 0.25) is 0 Å². The van der Waals surface area contributed by atoms with Gasteiger partial charge in [-0.15, -0.1) is 11.6 Å². The molecule has 2 aromatic rings. The van der Waals surface area contributed by atoms with Crippen molar-refractivity contribution in [3.63, 3.8) is 0 Å². The molecule has 0 fully saturated rings. The number of hydrogen-bond acceptors (Lipinski definition) is 4. The lowest BCUT2D eigenvalue weighted by atomic mass is 10.3. The highest BCUT2D eigenvalue weighted by molar-refractivity contribution is 7.90. The van der Waals surface area contributed by atoms with Gasteiger partial charge in [0.1, 0.15) is 21.2 Å². The molecule has 2 rings (SSSR count). The van der Waals surface area contributed by atoms with Gasteiger partial charge in [-0.05, 0) is 25.5 Å². The summed E-state index contributed by atoms with van der Waals surface area (Å²) in [4.78, 5) is 9.03. The van der Waals surface area contributed by atoms with E-state index in [1.165, 1.54) is 6.26 Å². The molecule has 0 radical (unpaired) electrons. The lowest BCUT2D eigenvalue weighted by Gasteiger charge is -2.07. The van der Waals surface area contributed by atoms with E-state index in [-0.39, 0.29) is 5.75 Å². The summed E-state index contributed by atoms with van der Waals surface area (Å²) >= 11 is 5.80. The lowest BCUT2D eigenvalue weighted by molar-refractivity contribution is 0.590. The summed E-state index contributed by atoms with van der Waals surface area (Å²) < 4.78 is 24.4. The summed E-state index contributed by atoms with van der Waals surface area (Å²) in [7, 11) is -2.94. The van der Waals surface area contributed by atoms with Crippen molar-refractivity contribution < 1.29 is 8.42 Å². The Morgan fingerprint density at radius 3 is 2.70 bits per heavy atom. The number of aromatic nitrogens is 3. The van der Waals surface area contributed by atoms with Crippen molar-refractivity contribution in [1.82, 2.24) is 14.5 Å². The maximum Gasteiger partial charge on any atom is 0.160 e. The predicted octanol–water partition coefficient (Wildman–Crippen LogP) is 1.96. The molecule has 0 N–H and O–H groups in total. The Balaban J connectivity index is 2.32. The molecular weight excluding hydrogens is 298 g/mol. The van der Waals surface area contributed by atoms with Crippen LogP contribution in [0.25, 0.3) is 11.2 Å². The number of fused-ring (bicyclic) bond motifs is 1. The molecule has 0 aliphatic heterocycles. The highest BCUT2D eigenvalue weighted by Crippen LogP contribution is 2.16. The number of hydrogen-bond donors (Lipinski definition) is 0. The lowest BCUT2D eigenvalue weighted by Crippen LogP contribution is -2.10. The number of aryl methyl sites for hydroxylation is 3. The molecule has 110 valence electrons. The summed E-state index contributed by atoms with van der Waals surface area (Å²) in [6.07, 6.45) is 2.45. The molecule has 5 nitrogen and oxygen atoms in total. The number of halogens is 1. The van der Waals surface area contributed by atoms with Crippen molar-refractivity contribution in [3.8, 4) is 0 Å². The van der Waals surface area contributed by atoms with Crippen molar-refractivity contribution >= 4 is 32.6 Å². The Bertz CT molecular complexity index is 710. The van der Waals surface area contributed by atoms with Gasteiger partial charge in [-0.3, -0.25) is 0 Å². The van der Waals surface area contributed by atoms with E-state index in [1.54, 1.807) is 0 Å². The summed E-state index contributed by atoms with van der Waals surface area (Å²) in [5.41, 5.74) is 2.55. The highest BCUT2D eigenvalue weighted by atomic mass is 35.5. The topological polar surface area (TPSA) is 64.8 Å². The molecule has 0 amide bonds. The smallest absolute Gasteiger partial charge is 0.160 e. The van der Waals surface area contributed by atoms with Gasteiger partial charge >= 0.3 is 0 Å². The number of imidazole rings is 1. The number of sulfone groups is 1. The van der Waals surface area contributed by atoms with E-state index in [2.05, 4.69) is 9.97 Å². The largest absolute Gasteiger partial charge is 0.313 e. The molecule has 0 aliphatic carbocycles. The van der Waals surface area contributed by atoms with Crippen LogP contribution in [0.1, 0.15) is 17.9 Å². The molecule has 0 unspecified atom stereocenters. The quantitative estimate of drug-likeness (QED) is 0.764. The fourth-order valence-corrected chi connectivity index (χ4v) is 2.96. The Kier molecular flexibility index (Phi) is 4.65. The van der Waals surface area contributed by atoms with E-state index in [4.69, 9.17) is 11.6 Å². The van der Waals surface area contributed by atoms with Crippen LogP contribution in [0.3, 0.4) is 0 Å². The second-order valence-electron chi connectivity index (χ2n) is 4.90. The van der Waals surface area contributed by atoms with Crippen molar-refractivity contribution in [2.24, 2.45) is 0 Å². The number of pyridine rings is 1. The molecule has 0 spiro atoms. The van der Waals surface area contributed by atoms with Crippen LogP contribution in [0, 0.1) is 6.92 Å². The zero-order chi connectivity index (χ0) is 14.8. The van der Waals surface area contributed by atoms with Gasteiger partial charge in [-0.25, -0.2) is 18.4 Å². The van der Waals surface area contributed by atoms with E-state index >= 15 is 0 Å². The molecule has 0 saturated carbocycles. The van der Waals surface area contributed by atoms with Crippen LogP contribution >= 0.6 is 11.6 Å². The fraction of sp³-hybridized carbons (Fsp3) is 0.538. The summed E-state index contributed by atoms with van der Waals surface area (Å²) in [6, 6.07) is 3.85. The first-order valence-electron chi connectivity index (χ1n) is 6.47. The van der Waals surface area contributed by atoms with Crippen molar-refractivity contribution in [2.75, 3.05) is 17.9 Å². The maximum absolute atomic E-state index is 11.2. The first-order chi connectivity index (χ1) is 9.40. The Labute approximate surface area is 123 Å². The minimum Gasteiger partial charge on any atom is -0.313 e. The van der Waals surface area contributed by atoms with Crippen LogP contribution in [-0.4, -0.2) is 40.8 Å². The number of nitrogens with zero attached hydrogens (tertiary/aromatic N) is 3. The monoisotopic (exact) mass is 315 g/mol. The van der Waals surface area contributed by atoms with Crippen LogP contribution in [-0.2, 0) is 22.8 Å². The van der Waals surface area contributed by atoms with Crippen molar-refractivity contribution in [2.45, 2.75) is 26.3 Å². The van der Waals surface area contributed by atoms with Gasteiger partial charge in [0.15, 0.2) is 5.65 Å². The standard InChI is InChI=1S/C13H18ClN3O2S/c1-10-4-5-11-13(15-10)17(12(16-11)6-7-14)8-3-9-20(2,18)19/h4-5H,3,6-9H2,1-2H3. The molecular formula is C13H18ClN3O2S. The van der Waals surface area contributed by atoms with Crippen molar-refractivity contribution in [3.05, 3.63) is 23.7 Å². The zero-order valence-corrected chi connectivity index (χ0v) is 13.2. The fourth-order valence-electron chi connectivity index (χ4n) is 2.14. The molecule has 20 heavy (non-hydrogen) atoms.